The van der Waals surface area contributed by atoms with Crippen LogP contribution in [0.15, 0.2) is 0 Å². The van der Waals surface area contributed by atoms with E-state index in [0.29, 0.717) is 18.3 Å². The standard InChI is InChI=1S/C16H30O2/c1-5-13-11-9-10-12-14(13)15(17)16(6-2,7-3)18-8-4/h13-14H,5-12H2,1-4H3. The summed E-state index contributed by atoms with van der Waals surface area (Å²) in [7, 11) is 0. The molecule has 0 saturated heterocycles. The number of carbonyl (C=O) groups is 1. The van der Waals surface area contributed by atoms with Gasteiger partial charge in [0, 0.05) is 12.5 Å². The van der Waals surface area contributed by atoms with Crippen LogP contribution in [0, 0.1) is 11.8 Å². The number of rotatable bonds is 7. The fourth-order valence-corrected chi connectivity index (χ4v) is 3.53. The number of carbonyl (C=O) groups excluding carboxylic acids is 1. The van der Waals surface area contributed by atoms with Crippen LogP contribution in [0.25, 0.3) is 0 Å². The minimum atomic E-state index is -0.510. The van der Waals surface area contributed by atoms with Gasteiger partial charge in [0.1, 0.15) is 5.60 Å². The molecule has 0 spiro atoms. The summed E-state index contributed by atoms with van der Waals surface area (Å²) in [6.07, 6.45) is 7.55. The van der Waals surface area contributed by atoms with Crippen LogP contribution in [-0.4, -0.2) is 18.0 Å². The molecule has 0 aliphatic heterocycles. The lowest BCUT2D eigenvalue weighted by atomic mass is 9.70. The molecule has 0 aromatic heterocycles. The van der Waals surface area contributed by atoms with Crippen LogP contribution in [0.1, 0.15) is 72.6 Å². The van der Waals surface area contributed by atoms with Gasteiger partial charge in [-0.05, 0) is 38.5 Å². The van der Waals surface area contributed by atoms with Crippen LogP contribution in [-0.2, 0) is 9.53 Å². The maximum atomic E-state index is 12.9. The van der Waals surface area contributed by atoms with Gasteiger partial charge in [0.15, 0.2) is 5.78 Å². The molecule has 1 fully saturated rings. The third-order valence-electron chi connectivity index (χ3n) is 4.78. The topological polar surface area (TPSA) is 26.3 Å². The zero-order valence-electron chi connectivity index (χ0n) is 12.6. The van der Waals surface area contributed by atoms with Crippen LogP contribution in [0.4, 0.5) is 0 Å². The molecule has 2 unspecified atom stereocenters. The molecule has 1 aliphatic carbocycles. The Morgan fingerprint density at radius 1 is 1.11 bits per heavy atom. The van der Waals surface area contributed by atoms with E-state index in [1.807, 2.05) is 6.92 Å². The molecule has 1 aliphatic rings. The molecule has 0 amide bonds. The average molecular weight is 254 g/mol. The largest absolute Gasteiger partial charge is 0.368 e. The first-order valence-electron chi connectivity index (χ1n) is 7.83. The fraction of sp³-hybridized carbons (Fsp3) is 0.938. The number of Topliss-reactive ketones (excluding diaryl/α,β-unsaturated/α-hetero) is 1. The van der Waals surface area contributed by atoms with Crippen LogP contribution in [0.5, 0.6) is 0 Å². The van der Waals surface area contributed by atoms with E-state index >= 15 is 0 Å². The molecule has 0 heterocycles. The summed E-state index contributed by atoms with van der Waals surface area (Å²) in [5.41, 5.74) is -0.510. The van der Waals surface area contributed by atoms with Gasteiger partial charge in [0.25, 0.3) is 0 Å². The van der Waals surface area contributed by atoms with E-state index in [4.69, 9.17) is 4.74 Å². The highest BCUT2D eigenvalue weighted by Crippen LogP contribution is 2.38. The monoisotopic (exact) mass is 254 g/mol. The molecule has 0 bridgehead atoms. The third-order valence-corrected chi connectivity index (χ3v) is 4.78. The van der Waals surface area contributed by atoms with Gasteiger partial charge in [-0.15, -0.1) is 0 Å². The Bertz CT molecular complexity index is 256. The molecule has 1 rings (SSSR count). The summed E-state index contributed by atoms with van der Waals surface area (Å²) in [5.74, 6) is 1.22. The maximum Gasteiger partial charge on any atom is 0.167 e. The van der Waals surface area contributed by atoms with Crippen LogP contribution >= 0.6 is 0 Å². The zero-order valence-corrected chi connectivity index (χ0v) is 12.6. The molecular formula is C16H30O2. The first-order valence-corrected chi connectivity index (χ1v) is 7.83. The minimum Gasteiger partial charge on any atom is -0.368 e. The highest BCUT2D eigenvalue weighted by atomic mass is 16.5. The highest BCUT2D eigenvalue weighted by molar-refractivity contribution is 5.89. The van der Waals surface area contributed by atoms with Crippen molar-refractivity contribution in [2.45, 2.75) is 78.2 Å². The van der Waals surface area contributed by atoms with Crippen molar-refractivity contribution < 1.29 is 9.53 Å². The zero-order chi connectivity index (χ0) is 13.6. The van der Waals surface area contributed by atoms with Gasteiger partial charge in [0.05, 0.1) is 0 Å². The van der Waals surface area contributed by atoms with E-state index in [0.717, 1.165) is 25.7 Å². The average Bonchev–Trinajstić information content (AvgIpc) is 2.44. The van der Waals surface area contributed by atoms with Gasteiger partial charge < -0.3 is 4.74 Å². The van der Waals surface area contributed by atoms with Crippen molar-refractivity contribution in [1.82, 2.24) is 0 Å². The molecule has 0 aromatic carbocycles. The van der Waals surface area contributed by atoms with E-state index in [1.54, 1.807) is 0 Å². The first-order chi connectivity index (χ1) is 8.65. The number of ketones is 1. The van der Waals surface area contributed by atoms with Gasteiger partial charge in [0.2, 0.25) is 0 Å². The van der Waals surface area contributed by atoms with E-state index in [9.17, 15) is 4.79 Å². The van der Waals surface area contributed by atoms with Crippen molar-refractivity contribution in [2.24, 2.45) is 11.8 Å². The van der Waals surface area contributed by atoms with Crippen LogP contribution in [0.2, 0.25) is 0 Å². The predicted octanol–water partition coefficient (Wildman–Crippen LogP) is 4.37. The minimum absolute atomic E-state index is 0.246. The number of ether oxygens (including phenoxy) is 1. The van der Waals surface area contributed by atoms with Crippen molar-refractivity contribution in [3.63, 3.8) is 0 Å². The Kier molecular flexibility index (Phi) is 6.34. The normalized spacial score (nSPS) is 25.1. The number of hydrogen-bond acceptors (Lipinski definition) is 2. The van der Waals surface area contributed by atoms with Gasteiger partial charge in [-0.25, -0.2) is 0 Å². The molecule has 0 N–H and O–H groups in total. The second-order valence-electron chi connectivity index (χ2n) is 5.56. The summed E-state index contributed by atoms with van der Waals surface area (Å²) in [6, 6.07) is 0. The summed E-state index contributed by atoms with van der Waals surface area (Å²) in [6.45, 7) is 9.01. The van der Waals surface area contributed by atoms with Crippen molar-refractivity contribution in [3.8, 4) is 0 Å². The van der Waals surface area contributed by atoms with Crippen molar-refractivity contribution in [2.75, 3.05) is 6.61 Å². The summed E-state index contributed by atoms with van der Waals surface area (Å²) in [4.78, 5) is 12.9. The van der Waals surface area contributed by atoms with E-state index < -0.39 is 5.60 Å². The Labute approximate surface area is 112 Å². The van der Waals surface area contributed by atoms with Gasteiger partial charge in [-0.1, -0.05) is 40.0 Å². The molecule has 2 nitrogen and oxygen atoms in total. The second-order valence-corrected chi connectivity index (χ2v) is 5.56. The lowest BCUT2D eigenvalue weighted by molar-refractivity contribution is -0.153. The quantitative estimate of drug-likeness (QED) is 0.674. The van der Waals surface area contributed by atoms with Crippen molar-refractivity contribution in [3.05, 3.63) is 0 Å². The molecular weight excluding hydrogens is 224 g/mol. The van der Waals surface area contributed by atoms with Crippen molar-refractivity contribution in [1.29, 1.82) is 0 Å². The Morgan fingerprint density at radius 3 is 2.22 bits per heavy atom. The smallest absolute Gasteiger partial charge is 0.167 e. The lowest BCUT2D eigenvalue weighted by Gasteiger charge is -2.38. The first kappa shape index (κ1) is 15.7. The Morgan fingerprint density at radius 2 is 1.72 bits per heavy atom. The van der Waals surface area contributed by atoms with Crippen molar-refractivity contribution >= 4 is 5.78 Å². The molecule has 2 heteroatoms. The van der Waals surface area contributed by atoms with Crippen LogP contribution in [0.3, 0.4) is 0 Å². The summed E-state index contributed by atoms with van der Waals surface area (Å²) < 4.78 is 5.89. The second kappa shape index (κ2) is 7.28. The third kappa shape index (κ3) is 3.14. The van der Waals surface area contributed by atoms with E-state index in [2.05, 4.69) is 20.8 Å². The van der Waals surface area contributed by atoms with Gasteiger partial charge in [-0.2, -0.15) is 0 Å². The van der Waals surface area contributed by atoms with Gasteiger partial charge >= 0.3 is 0 Å². The van der Waals surface area contributed by atoms with E-state index in [1.165, 1.54) is 19.3 Å². The summed E-state index contributed by atoms with van der Waals surface area (Å²) in [5, 5.41) is 0. The van der Waals surface area contributed by atoms with Crippen LogP contribution < -0.4 is 0 Å². The van der Waals surface area contributed by atoms with Gasteiger partial charge in [-0.3, -0.25) is 4.79 Å². The highest BCUT2D eigenvalue weighted by Gasteiger charge is 2.42. The molecule has 0 aromatic rings. The predicted molar refractivity (Wildman–Crippen MR) is 75.7 cm³/mol. The molecule has 0 radical (unpaired) electrons. The summed E-state index contributed by atoms with van der Waals surface area (Å²) >= 11 is 0. The van der Waals surface area contributed by atoms with E-state index in [-0.39, 0.29) is 5.92 Å². The Hall–Kier alpha value is -0.370. The molecule has 1 saturated carbocycles. The lowest BCUT2D eigenvalue weighted by Crippen LogP contribution is -2.47. The SMILES string of the molecule is CCOC(CC)(CC)C(=O)C1CCCCC1CC. The maximum absolute atomic E-state index is 12.9. The Balaban J connectivity index is 2.86. The molecule has 18 heavy (non-hydrogen) atoms. The number of hydrogen-bond donors (Lipinski definition) is 0. The molecule has 2 atom stereocenters. The molecule has 106 valence electrons. The fourth-order valence-electron chi connectivity index (χ4n) is 3.53.